The third-order valence-electron chi connectivity index (χ3n) is 6.28. The first-order valence-corrected chi connectivity index (χ1v) is 11.6. The van der Waals surface area contributed by atoms with Gasteiger partial charge in [-0.15, -0.1) is 8.78 Å². The van der Waals surface area contributed by atoms with E-state index < -0.39 is 12.3 Å². The van der Waals surface area contributed by atoms with Crippen molar-refractivity contribution in [2.45, 2.75) is 70.6 Å². The van der Waals surface area contributed by atoms with Gasteiger partial charge in [0.1, 0.15) is 0 Å². The van der Waals surface area contributed by atoms with Gasteiger partial charge in [-0.3, -0.25) is 4.79 Å². The SMILES string of the molecule is CCC(CC1CC1)Nc1ccc(C(CC)CC(=O)O)cc1Nc1ccc2c(c1)OC(F)(F)O2. The number of nitrogens with one attached hydrogen (secondary N) is 2. The van der Waals surface area contributed by atoms with Crippen LogP contribution >= 0.6 is 0 Å². The summed E-state index contributed by atoms with van der Waals surface area (Å²) in [6.07, 6.45) is 1.70. The Morgan fingerprint density at radius 2 is 1.85 bits per heavy atom. The summed E-state index contributed by atoms with van der Waals surface area (Å²) in [6, 6.07) is 10.8. The van der Waals surface area contributed by atoms with Crippen LogP contribution in [0.5, 0.6) is 11.5 Å². The molecule has 2 aromatic carbocycles. The van der Waals surface area contributed by atoms with Gasteiger partial charge in [0.15, 0.2) is 11.5 Å². The highest BCUT2D eigenvalue weighted by molar-refractivity contribution is 5.77. The van der Waals surface area contributed by atoms with Crippen LogP contribution in [0.1, 0.15) is 63.9 Å². The van der Waals surface area contributed by atoms with Gasteiger partial charge < -0.3 is 25.2 Å². The second-order valence-corrected chi connectivity index (χ2v) is 8.89. The second kappa shape index (κ2) is 9.45. The number of carbonyl (C=O) groups is 1. The van der Waals surface area contributed by atoms with Gasteiger partial charge >= 0.3 is 12.3 Å². The van der Waals surface area contributed by atoms with E-state index in [1.807, 2.05) is 25.1 Å². The fourth-order valence-electron chi connectivity index (χ4n) is 4.24. The maximum absolute atomic E-state index is 13.4. The summed E-state index contributed by atoms with van der Waals surface area (Å²) >= 11 is 0. The van der Waals surface area contributed by atoms with Crippen molar-refractivity contribution in [3.05, 3.63) is 42.0 Å². The molecule has 2 aromatic rings. The number of hydrogen-bond donors (Lipinski definition) is 3. The molecule has 1 fully saturated rings. The Bertz CT molecular complexity index is 1010. The van der Waals surface area contributed by atoms with Gasteiger partial charge in [-0.1, -0.05) is 32.8 Å². The van der Waals surface area contributed by atoms with Crippen LogP contribution in [0.2, 0.25) is 0 Å². The van der Waals surface area contributed by atoms with Crippen molar-refractivity contribution < 1.29 is 28.2 Å². The lowest BCUT2D eigenvalue weighted by atomic mass is 9.92. The van der Waals surface area contributed by atoms with Crippen LogP contribution in [0, 0.1) is 5.92 Å². The molecule has 8 heteroatoms. The topological polar surface area (TPSA) is 79.8 Å². The molecule has 3 N–H and O–H groups in total. The summed E-state index contributed by atoms with van der Waals surface area (Å²) in [7, 11) is 0. The first-order valence-electron chi connectivity index (χ1n) is 11.6. The normalized spacial score (nSPS) is 17.9. The molecule has 2 unspecified atom stereocenters. The number of aliphatic carboxylic acids is 1. The van der Waals surface area contributed by atoms with Crippen LogP contribution in [-0.4, -0.2) is 23.4 Å². The van der Waals surface area contributed by atoms with Crippen LogP contribution < -0.4 is 20.1 Å². The van der Waals surface area contributed by atoms with E-state index >= 15 is 0 Å². The van der Waals surface area contributed by atoms with Gasteiger partial charge in [0.2, 0.25) is 0 Å². The lowest BCUT2D eigenvalue weighted by molar-refractivity contribution is -0.286. The predicted octanol–water partition coefficient (Wildman–Crippen LogP) is 6.71. The average Bonchev–Trinajstić information content (AvgIpc) is 3.52. The second-order valence-electron chi connectivity index (χ2n) is 8.89. The first kappa shape index (κ1) is 23.1. The molecule has 1 aliphatic carbocycles. The van der Waals surface area contributed by atoms with Gasteiger partial charge in [-0.05, 0) is 60.9 Å². The highest BCUT2D eigenvalue weighted by atomic mass is 19.3. The Morgan fingerprint density at radius 1 is 1.09 bits per heavy atom. The van der Waals surface area contributed by atoms with Crippen LogP contribution in [-0.2, 0) is 4.79 Å². The molecule has 1 saturated carbocycles. The average molecular weight is 461 g/mol. The zero-order valence-corrected chi connectivity index (χ0v) is 18.9. The minimum absolute atomic E-state index is 0.0133. The van der Waals surface area contributed by atoms with Crippen molar-refractivity contribution in [2.24, 2.45) is 5.92 Å². The van der Waals surface area contributed by atoms with Gasteiger partial charge in [0, 0.05) is 17.8 Å². The number of carboxylic acids is 1. The number of carboxylic acid groups (broad SMARTS) is 1. The zero-order chi connectivity index (χ0) is 23.6. The molecule has 0 bridgehead atoms. The molecular formula is C25H30F2N2O4. The van der Waals surface area contributed by atoms with Crippen LogP contribution in [0.4, 0.5) is 25.8 Å². The number of rotatable bonds is 11. The van der Waals surface area contributed by atoms with Crippen molar-refractivity contribution in [3.63, 3.8) is 0 Å². The molecule has 0 amide bonds. The fraction of sp³-hybridized carbons (Fsp3) is 0.480. The van der Waals surface area contributed by atoms with E-state index in [2.05, 4.69) is 27.0 Å². The minimum atomic E-state index is -3.67. The van der Waals surface area contributed by atoms with Gasteiger partial charge in [0.25, 0.3) is 0 Å². The molecule has 4 rings (SSSR count). The van der Waals surface area contributed by atoms with E-state index in [1.165, 1.54) is 25.0 Å². The van der Waals surface area contributed by atoms with Gasteiger partial charge in [-0.25, -0.2) is 0 Å². The smallest absolute Gasteiger partial charge is 0.481 e. The third-order valence-corrected chi connectivity index (χ3v) is 6.28. The van der Waals surface area contributed by atoms with Crippen molar-refractivity contribution in [1.29, 1.82) is 0 Å². The van der Waals surface area contributed by atoms with Gasteiger partial charge in [-0.2, -0.15) is 0 Å². The monoisotopic (exact) mass is 460 g/mol. The third kappa shape index (κ3) is 5.86. The summed E-state index contributed by atoms with van der Waals surface area (Å²) in [4.78, 5) is 11.3. The van der Waals surface area contributed by atoms with Crippen LogP contribution in [0.25, 0.3) is 0 Å². The number of anilines is 3. The Balaban J connectivity index is 1.62. The fourth-order valence-corrected chi connectivity index (χ4v) is 4.24. The number of ether oxygens (including phenoxy) is 2. The van der Waals surface area contributed by atoms with Gasteiger partial charge in [0.05, 0.1) is 17.8 Å². The molecule has 1 aliphatic heterocycles. The summed E-state index contributed by atoms with van der Waals surface area (Å²) in [6.45, 7) is 4.12. The molecule has 2 aliphatic rings. The number of halogens is 2. The number of alkyl halides is 2. The molecule has 0 radical (unpaired) electrons. The molecule has 0 spiro atoms. The van der Waals surface area contributed by atoms with Crippen LogP contribution in [0.3, 0.4) is 0 Å². The summed E-state index contributed by atoms with van der Waals surface area (Å²) in [5.41, 5.74) is 3.13. The van der Waals surface area contributed by atoms with E-state index in [-0.39, 0.29) is 23.8 Å². The highest BCUT2D eigenvalue weighted by Gasteiger charge is 2.43. The summed E-state index contributed by atoms with van der Waals surface area (Å²) in [5, 5.41) is 16.2. The van der Waals surface area contributed by atoms with E-state index in [4.69, 9.17) is 0 Å². The van der Waals surface area contributed by atoms with Crippen molar-refractivity contribution in [1.82, 2.24) is 0 Å². The van der Waals surface area contributed by atoms with E-state index in [1.54, 1.807) is 6.07 Å². The number of benzene rings is 2. The Labute approximate surface area is 192 Å². The highest BCUT2D eigenvalue weighted by Crippen LogP contribution is 2.43. The lowest BCUT2D eigenvalue weighted by Gasteiger charge is -2.23. The molecule has 33 heavy (non-hydrogen) atoms. The maximum atomic E-state index is 13.4. The predicted molar refractivity (Wildman–Crippen MR) is 123 cm³/mol. The molecule has 0 aromatic heterocycles. The summed E-state index contributed by atoms with van der Waals surface area (Å²) in [5.74, 6) is -0.241. The first-order chi connectivity index (χ1) is 15.8. The maximum Gasteiger partial charge on any atom is 0.586 e. The lowest BCUT2D eigenvalue weighted by Crippen LogP contribution is -2.25. The molecule has 178 valence electrons. The molecule has 1 heterocycles. The molecule has 0 saturated heterocycles. The van der Waals surface area contributed by atoms with E-state index in [0.29, 0.717) is 18.2 Å². The Kier molecular flexibility index (Phi) is 6.63. The van der Waals surface area contributed by atoms with Crippen molar-refractivity contribution >= 4 is 23.0 Å². The molecule has 2 atom stereocenters. The number of fused-ring (bicyclic) bond motifs is 1. The van der Waals surface area contributed by atoms with Crippen LogP contribution in [0.15, 0.2) is 36.4 Å². The largest absolute Gasteiger partial charge is 0.586 e. The zero-order valence-electron chi connectivity index (χ0n) is 18.9. The summed E-state index contributed by atoms with van der Waals surface area (Å²) < 4.78 is 35.9. The molecule has 6 nitrogen and oxygen atoms in total. The van der Waals surface area contributed by atoms with Crippen molar-refractivity contribution in [3.8, 4) is 11.5 Å². The van der Waals surface area contributed by atoms with E-state index in [0.717, 1.165) is 35.7 Å². The van der Waals surface area contributed by atoms with Crippen molar-refractivity contribution in [2.75, 3.05) is 10.6 Å². The minimum Gasteiger partial charge on any atom is -0.481 e. The number of hydrogen-bond acceptors (Lipinski definition) is 5. The Hall–Kier alpha value is -3.03. The van der Waals surface area contributed by atoms with E-state index in [9.17, 15) is 18.7 Å². The Morgan fingerprint density at radius 3 is 2.52 bits per heavy atom. The quantitative estimate of drug-likeness (QED) is 0.346. The standard InChI is InChI=1S/C25H30F2N2O4/c1-3-16(13-24(30)31)17-7-9-20(28-18(4-2)11-15-5-6-15)21(12-17)29-19-8-10-22-23(14-19)33-25(26,27)32-22/h7-10,12,14-16,18,28-29H,3-6,11,13H2,1-2H3,(H,30,31). The molecular weight excluding hydrogens is 430 g/mol.